The lowest BCUT2D eigenvalue weighted by molar-refractivity contribution is 0.107. The van der Waals surface area contributed by atoms with Crippen LogP contribution in [0.3, 0.4) is 0 Å². The molecule has 0 saturated carbocycles. The third-order valence-electron chi connectivity index (χ3n) is 3.31. The van der Waals surface area contributed by atoms with Crippen LogP contribution >= 0.6 is 15.9 Å². The number of nitrogens with two attached hydrogens (primary N) is 1. The van der Waals surface area contributed by atoms with Crippen LogP contribution in [0.25, 0.3) is 0 Å². The van der Waals surface area contributed by atoms with Crippen molar-refractivity contribution in [3.05, 3.63) is 58.1 Å². The molecular weight excluding hydrogens is 330 g/mol. The van der Waals surface area contributed by atoms with E-state index in [1.807, 2.05) is 24.3 Å². The van der Waals surface area contributed by atoms with Gasteiger partial charge < -0.3 is 15.6 Å². The number of rotatable bonds is 5. The number of aliphatic hydroxyl groups excluding tert-OH is 1. The second kappa shape index (κ2) is 6.96. The summed E-state index contributed by atoms with van der Waals surface area (Å²) >= 11 is 3.47. The van der Waals surface area contributed by atoms with E-state index in [1.54, 1.807) is 12.1 Å². The maximum absolute atomic E-state index is 10.2. The molecule has 0 aromatic heterocycles. The molecule has 0 bridgehead atoms. The van der Waals surface area contributed by atoms with Gasteiger partial charge in [0.25, 0.3) is 0 Å². The number of hydrogen-bond acceptors (Lipinski definition) is 3. The van der Waals surface area contributed by atoms with Gasteiger partial charge in [-0.3, -0.25) is 0 Å². The van der Waals surface area contributed by atoms with Crippen LogP contribution in [0.15, 0.2) is 46.9 Å². The molecule has 0 aliphatic carbocycles. The molecule has 0 spiro atoms. The first-order valence-electron chi connectivity index (χ1n) is 6.93. The molecule has 2 aromatic carbocycles. The molecule has 3 nitrogen and oxygen atoms in total. The van der Waals surface area contributed by atoms with E-state index < -0.39 is 6.10 Å². The molecule has 0 saturated heterocycles. The van der Waals surface area contributed by atoms with Crippen LogP contribution in [0.4, 0.5) is 5.69 Å². The Bertz CT molecular complexity index is 596. The second-order valence-corrected chi connectivity index (χ2v) is 6.25. The number of halogens is 1. The van der Waals surface area contributed by atoms with Crippen molar-refractivity contribution in [2.45, 2.75) is 25.9 Å². The van der Waals surface area contributed by atoms with Crippen molar-refractivity contribution in [2.75, 3.05) is 12.3 Å². The molecule has 0 aliphatic rings. The Labute approximate surface area is 133 Å². The Morgan fingerprint density at radius 3 is 2.43 bits per heavy atom. The van der Waals surface area contributed by atoms with E-state index in [-0.39, 0.29) is 6.61 Å². The quantitative estimate of drug-likeness (QED) is 0.792. The summed E-state index contributed by atoms with van der Waals surface area (Å²) in [4.78, 5) is 0. The predicted octanol–water partition coefficient (Wildman–Crippen LogP) is 4.27. The van der Waals surface area contributed by atoms with E-state index in [9.17, 15) is 5.11 Å². The molecule has 1 atom stereocenters. The summed E-state index contributed by atoms with van der Waals surface area (Å²) in [6.07, 6.45) is -0.672. The van der Waals surface area contributed by atoms with Gasteiger partial charge in [-0.2, -0.15) is 0 Å². The number of anilines is 1. The lowest BCUT2D eigenvalue weighted by Gasteiger charge is -2.17. The van der Waals surface area contributed by atoms with Gasteiger partial charge in [-0.05, 0) is 47.4 Å². The van der Waals surface area contributed by atoms with Gasteiger partial charge in [0.1, 0.15) is 18.5 Å². The highest BCUT2D eigenvalue weighted by Gasteiger charge is 2.12. The molecule has 2 aromatic rings. The molecule has 0 fully saturated rings. The summed E-state index contributed by atoms with van der Waals surface area (Å²) in [6, 6.07) is 13.1. The first-order valence-corrected chi connectivity index (χ1v) is 7.72. The summed E-state index contributed by atoms with van der Waals surface area (Å²) in [5, 5.41) is 10.2. The van der Waals surface area contributed by atoms with Crippen LogP contribution in [0.1, 0.15) is 37.0 Å². The third-order valence-corrected chi connectivity index (χ3v) is 3.81. The fourth-order valence-electron chi connectivity index (χ4n) is 2.09. The Kier molecular flexibility index (Phi) is 5.26. The first-order chi connectivity index (χ1) is 9.97. The van der Waals surface area contributed by atoms with Gasteiger partial charge in [0, 0.05) is 10.2 Å². The summed E-state index contributed by atoms with van der Waals surface area (Å²) in [7, 11) is 0. The van der Waals surface area contributed by atoms with Crippen molar-refractivity contribution in [3.8, 4) is 5.75 Å². The minimum Gasteiger partial charge on any atom is -0.490 e. The van der Waals surface area contributed by atoms with Crippen LogP contribution in [0.2, 0.25) is 0 Å². The number of benzene rings is 2. The van der Waals surface area contributed by atoms with Gasteiger partial charge in [-0.15, -0.1) is 0 Å². The zero-order valence-corrected chi connectivity index (χ0v) is 13.8. The maximum atomic E-state index is 10.2. The second-order valence-electron chi connectivity index (χ2n) is 5.33. The minimum atomic E-state index is -0.672. The highest BCUT2D eigenvalue weighted by atomic mass is 79.9. The Morgan fingerprint density at radius 1 is 1.14 bits per heavy atom. The SMILES string of the molecule is CC(C)c1cc(Br)ccc1OCC(O)c1ccc(N)cc1. The Balaban J connectivity index is 2.07. The maximum Gasteiger partial charge on any atom is 0.122 e. The van der Waals surface area contributed by atoms with Crippen LogP contribution in [-0.2, 0) is 0 Å². The van der Waals surface area contributed by atoms with Gasteiger partial charge in [-0.1, -0.05) is 41.9 Å². The van der Waals surface area contributed by atoms with Gasteiger partial charge in [-0.25, -0.2) is 0 Å². The van der Waals surface area contributed by atoms with E-state index in [1.165, 1.54) is 0 Å². The van der Waals surface area contributed by atoms with Crippen molar-refractivity contribution in [1.82, 2.24) is 0 Å². The Morgan fingerprint density at radius 2 is 1.81 bits per heavy atom. The van der Waals surface area contributed by atoms with Gasteiger partial charge in [0.15, 0.2) is 0 Å². The van der Waals surface area contributed by atoms with Gasteiger partial charge >= 0.3 is 0 Å². The zero-order valence-electron chi connectivity index (χ0n) is 12.2. The van der Waals surface area contributed by atoms with Gasteiger partial charge in [0.2, 0.25) is 0 Å². The van der Waals surface area contributed by atoms with Crippen LogP contribution in [0, 0.1) is 0 Å². The topological polar surface area (TPSA) is 55.5 Å². The van der Waals surface area contributed by atoms with Crippen LogP contribution < -0.4 is 10.5 Å². The molecule has 3 N–H and O–H groups in total. The molecule has 21 heavy (non-hydrogen) atoms. The lowest BCUT2D eigenvalue weighted by Crippen LogP contribution is -2.11. The molecule has 112 valence electrons. The lowest BCUT2D eigenvalue weighted by atomic mass is 10.0. The average molecular weight is 350 g/mol. The van der Waals surface area contributed by atoms with E-state index in [4.69, 9.17) is 10.5 Å². The fourth-order valence-corrected chi connectivity index (χ4v) is 2.46. The largest absolute Gasteiger partial charge is 0.490 e. The number of ether oxygens (including phenoxy) is 1. The van der Waals surface area contributed by atoms with Crippen molar-refractivity contribution in [1.29, 1.82) is 0 Å². The molecule has 0 aliphatic heterocycles. The fraction of sp³-hybridized carbons (Fsp3) is 0.294. The Hall–Kier alpha value is -1.52. The summed E-state index contributed by atoms with van der Waals surface area (Å²) in [5.41, 5.74) is 8.24. The van der Waals surface area contributed by atoms with E-state index in [0.717, 1.165) is 21.3 Å². The van der Waals surface area contributed by atoms with E-state index >= 15 is 0 Å². The molecule has 4 heteroatoms. The van der Waals surface area contributed by atoms with Crippen LogP contribution in [-0.4, -0.2) is 11.7 Å². The van der Waals surface area contributed by atoms with Crippen molar-refractivity contribution in [3.63, 3.8) is 0 Å². The summed E-state index contributed by atoms with van der Waals surface area (Å²) in [5.74, 6) is 1.16. The molecule has 1 unspecified atom stereocenters. The highest BCUT2D eigenvalue weighted by molar-refractivity contribution is 9.10. The first kappa shape index (κ1) is 15.9. The standard InChI is InChI=1S/C17H20BrNO2/c1-11(2)15-9-13(18)5-8-17(15)21-10-16(20)12-3-6-14(19)7-4-12/h3-9,11,16,20H,10,19H2,1-2H3. The predicted molar refractivity (Wildman–Crippen MR) is 89.5 cm³/mol. The van der Waals surface area contributed by atoms with E-state index in [0.29, 0.717) is 11.6 Å². The normalized spacial score (nSPS) is 12.4. The monoisotopic (exact) mass is 349 g/mol. The average Bonchev–Trinajstić information content (AvgIpc) is 2.46. The number of hydrogen-bond donors (Lipinski definition) is 2. The third kappa shape index (κ3) is 4.22. The number of aliphatic hydroxyl groups is 1. The van der Waals surface area contributed by atoms with Crippen molar-refractivity contribution >= 4 is 21.6 Å². The highest BCUT2D eigenvalue weighted by Crippen LogP contribution is 2.30. The molecule has 0 amide bonds. The van der Waals surface area contributed by atoms with Crippen molar-refractivity contribution < 1.29 is 9.84 Å². The molecule has 2 rings (SSSR count). The van der Waals surface area contributed by atoms with Crippen molar-refractivity contribution in [2.24, 2.45) is 0 Å². The van der Waals surface area contributed by atoms with Gasteiger partial charge in [0.05, 0.1) is 0 Å². The molecule has 0 heterocycles. The minimum absolute atomic E-state index is 0.214. The summed E-state index contributed by atoms with van der Waals surface area (Å²) in [6.45, 7) is 4.45. The molecular formula is C17H20BrNO2. The number of nitrogen functional groups attached to an aromatic ring is 1. The van der Waals surface area contributed by atoms with E-state index in [2.05, 4.69) is 35.8 Å². The molecule has 0 radical (unpaired) electrons. The zero-order chi connectivity index (χ0) is 15.4. The summed E-state index contributed by atoms with van der Waals surface area (Å²) < 4.78 is 6.82. The van der Waals surface area contributed by atoms with Crippen LogP contribution in [0.5, 0.6) is 5.75 Å². The smallest absolute Gasteiger partial charge is 0.122 e.